The Kier molecular flexibility index (Phi) is 4.93. The van der Waals surface area contributed by atoms with Crippen LogP contribution >= 0.6 is 0 Å². The highest BCUT2D eigenvalue weighted by molar-refractivity contribution is 5.95. The van der Waals surface area contributed by atoms with Gasteiger partial charge in [0, 0.05) is 19.3 Å². The highest BCUT2D eigenvalue weighted by atomic mass is 19.1. The minimum absolute atomic E-state index is 0.0337. The summed E-state index contributed by atoms with van der Waals surface area (Å²) in [4.78, 5) is 17.8. The van der Waals surface area contributed by atoms with Gasteiger partial charge in [0.2, 0.25) is 0 Å². The number of rotatable bonds is 3. The van der Waals surface area contributed by atoms with E-state index in [1.54, 1.807) is 4.90 Å². The van der Waals surface area contributed by atoms with E-state index in [0.29, 0.717) is 19.0 Å². The van der Waals surface area contributed by atoms with Crippen LogP contribution in [0.25, 0.3) is 0 Å². The van der Waals surface area contributed by atoms with Crippen LogP contribution in [0.15, 0.2) is 12.3 Å². The predicted molar refractivity (Wildman–Crippen MR) is 76.8 cm³/mol. The Balaban J connectivity index is 2.07. The molecule has 1 fully saturated rings. The Labute approximate surface area is 119 Å². The zero-order valence-corrected chi connectivity index (χ0v) is 11.9. The van der Waals surface area contributed by atoms with Crippen molar-refractivity contribution >= 4 is 11.7 Å². The fourth-order valence-electron chi connectivity index (χ4n) is 2.86. The van der Waals surface area contributed by atoms with Crippen molar-refractivity contribution in [2.24, 2.45) is 5.92 Å². The second kappa shape index (κ2) is 6.68. The number of hydrogen-bond donors (Lipinski definition) is 1. The lowest BCUT2D eigenvalue weighted by Gasteiger charge is -2.21. The van der Waals surface area contributed by atoms with Crippen LogP contribution in [0.5, 0.6) is 0 Å². The van der Waals surface area contributed by atoms with E-state index in [9.17, 15) is 9.18 Å². The maximum atomic E-state index is 13.9. The number of nitrogens with zero attached hydrogens (tertiary/aromatic N) is 2. The predicted octanol–water partition coefficient (Wildman–Crippen LogP) is 2.85. The van der Waals surface area contributed by atoms with Crippen molar-refractivity contribution in [1.29, 1.82) is 0 Å². The topological polar surface area (TPSA) is 59.2 Å². The van der Waals surface area contributed by atoms with Crippen molar-refractivity contribution in [2.45, 2.75) is 39.0 Å². The summed E-state index contributed by atoms with van der Waals surface area (Å²) in [5.41, 5.74) is 5.46. The van der Waals surface area contributed by atoms with E-state index in [-0.39, 0.29) is 17.3 Å². The van der Waals surface area contributed by atoms with Crippen LogP contribution in [0.2, 0.25) is 0 Å². The third-order valence-corrected chi connectivity index (χ3v) is 3.98. The Morgan fingerprint density at radius 3 is 3.05 bits per heavy atom. The molecule has 0 bridgehead atoms. The molecule has 2 rings (SSSR count). The number of carbonyl (C=O) groups is 1. The van der Waals surface area contributed by atoms with Crippen LogP contribution in [-0.4, -0.2) is 28.9 Å². The number of aromatic nitrogens is 1. The first-order valence-corrected chi connectivity index (χ1v) is 7.32. The number of anilines is 1. The van der Waals surface area contributed by atoms with Crippen LogP contribution in [0.3, 0.4) is 0 Å². The normalized spacial score (nSPS) is 19.7. The highest BCUT2D eigenvalue weighted by Crippen LogP contribution is 2.23. The summed E-state index contributed by atoms with van der Waals surface area (Å²) in [5, 5.41) is 0. The summed E-state index contributed by atoms with van der Waals surface area (Å²) < 4.78 is 13.9. The van der Waals surface area contributed by atoms with E-state index in [0.717, 1.165) is 19.3 Å². The molecule has 20 heavy (non-hydrogen) atoms. The number of likely N-dealkylation sites (tertiary alicyclic amines) is 1. The molecule has 0 radical (unpaired) electrons. The minimum atomic E-state index is -0.702. The fourth-order valence-corrected chi connectivity index (χ4v) is 2.86. The van der Waals surface area contributed by atoms with Crippen LogP contribution in [0.1, 0.15) is 49.4 Å². The van der Waals surface area contributed by atoms with Gasteiger partial charge in [0.15, 0.2) is 11.6 Å². The molecule has 1 unspecified atom stereocenters. The molecule has 1 amide bonds. The average Bonchev–Trinajstić information content (AvgIpc) is 2.67. The van der Waals surface area contributed by atoms with Gasteiger partial charge in [-0.1, -0.05) is 19.8 Å². The molecular weight excluding hydrogens is 257 g/mol. The minimum Gasteiger partial charge on any atom is -0.381 e. The highest BCUT2D eigenvalue weighted by Gasteiger charge is 2.24. The molecule has 1 saturated heterocycles. The van der Waals surface area contributed by atoms with Gasteiger partial charge in [0.05, 0.1) is 5.56 Å². The number of pyridine rings is 1. The monoisotopic (exact) mass is 279 g/mol. The number of carbonyl (C=O) groups excluding carboxylic acids is 1. The number of halogens is 1. The van der Waals surface area contributed by atoms with Gasteiger partial charge in [-0.15, -0.1) is 0 Å². The molecule has 5 heteroatoms. The zero-order chi connectivity index (χ0) is 14.5. The van der Waals surface area contributed by atoms with Crippen LogP contribution < -0.4 is 5.73 Å². The van der Waals surface area contributed by atoms with Gasteiger partial charge in [-0.2, -0.15) is 0 Å². The summed E-state index contributed by atoms with van der Waals surface area (Å²) in [6.07, 6.45) is 6.90. The van der Waals surface area contributed by atoms with Gasteiger partial charge >= 0.3 is 0 Å². The third kappa shape index (κ3) is 3.26. The van der Waals surface area contributed by atoms with Crippen molar-refractivity contribution in [3.8, 4) is 0 Å². The van der Waals surface area contributed by atoms with Gasteiger partial charge in [-0.3, -0.25) is 4.79 Å². The molecule has 110 valence electrons. The van der Waals surface area contributed by atoms with E-state index in [1.807, 2.05) is 0 Å². The van der Waals surface area contributed by atoms with Gasteiger partial charge < -0.3 is 10.6 Å². The molecule has 0 spiro atoms. The first kappa shape index (κ1) is 14.8. The molecular formula is C15H22FN3O. The lowest BCUT2D eigenvalue weighted by atomic mass is 9.96. The SMILES string of the molecule is CCCC1CCCN(C(=O)c2ccnc(N)c2F)CC1. The van der Waals surface area contributed by atoms with Crippen molar-refractivity contribution in [2.75, 3.05) is 18.8 Å². The van der Waals surface area contributed by atoms with Gasteiger partial charge in [0.25, 0.3) is 5.91 Å². The van der Waals surface area contributed by atoms with Crippen molar-refractivity contribution in [1.82, 2.24) is 9.88 Å². The summed E-state index contributed by atoms with van der Waals surface area (Å²) in [7, 11) is 0. The summed E-state index contributed by atoms with van der Waals surface area (Å²) in [6, 6.07) is 1.41. The Morgan fingerprint density at radius 1 is 1.50 bits per heavy atom. The van der Waals surface area contributed by atoms with E-state index in [1.165, 1.54) is 25.1 Å². The van der Waals surface area contributed by atoms with Crippen LogP contribution in [0.4, 0.5) is 10.2 Å². The Bertz CT molecular complexity index is 478. The second-order valence-corrected chi connectivity index (χ2v) is 5.44. The molecule has 4 nitrogen and oxygen atoms in total. The molecule has 2 heterocycles. The molecule has 0 aromatic carbocycles. The van der Waals surface area contributed by atoms with Gasteiger partial charge in [0.1, 0.15) is 0 Å². The molecule has 1 aliphatic heterocycles. The molecule has 0 saturated carbocycles. The molecule has 1 aromatic heterocycles. The Hall–Kier alpha value is -1.65. The second-order valence-electron chi connectivity index (χ2n) is 5.44. The van der Waals surface area contributed by atoms with Crippen LogP contribution in [0, 0.1) is 11.7 Å². The lowest BCUT2D eigenvalue weighted by Crippen LogP contribution is -2.32. The molecule has 2 N–H and O–H groups in total. The quantitative estimate of drug-likeness (QED) is 0.925. The average molecular weight is 279 g/mol. The summed E-state index contributed by atoms with van der Waals surface area (Å²) in [6.45, 7) is 3.58. The maximum absolute atomic E-state index is 13.9. The summed E-state index contributed by atoms with van der Waals surface area (Å²) in [5.74, 6) is -0.500. The van der Waals surface area contributed by atoms with Crippen LogP contribution in [-0.2, 0) is 0 Å². The lowest BCUT2D eigenvalue weighted by molar-refractivity contribution is 0.0755. The molecule has 1 atom stereocenters. The number of hydrogen-bond acceptors (Lipinski definition) is 3. The van der Waals surface area contributed by atoms with Gasteiger partial charge in [-0.25, -0.2) is 9.37 Å². The summed E-state index contributed by atoms with van der Waals surface area (Å²) >= 11 is 0. The maximum Gasteiger partial charge on any atom is 0.257 e. The smallest absolute Gasteiger partial charge is 0.257 e. The first-order chi connectivity index (χ1) is 9.63. The number of nitrogens with two attached hydrogens (primary N) is 1. The number of nitrogen functional groups attached to an aromatic ring is 1. The van der Waals surface area contributed by atoms with E-state index in [4.69, 9.17) is 5.73 Å². The standard InChI is InChI=1S/C15H22FN3O/c1-2-4-11-5-3-9-19(10-7-11)15(20)12-6-8-18-14(17)13(12)16/h6,8,11H,2-5,7,9-10H2,1H3,(H2,17,18). The van der Waals surface area contributed by atoms with Crippen molar-refractivity contribution < 1.29 is 9.18 Å². The van der Waals surface area contributed by atoms with Gasteiger partial charge in [-0.05, 0) is 31.2 Å². The molecule has 0 aliphatic carbocycles. The van der Waals surface area contributed by atoms with Crippen molar-refractivity contribution in [3.63, 3.8) is 0 Å². The first-order valence-electron chi connectivity index (χ1n) is 7.32. The van der Waals surface area contributed by atoms with E-state index >= 15 is 0 Å². The zero-order valence-electron chi connectivity index (χ0n) is 11.9. The van der Waals surface area contributed by atoms with Crippen molar-refractivity contribution in [3.05, 3.63) is 23.6 Å². The largest absolute Gasteiger partial charge is 0.381 e. The van der Waals surface area contributed by atoms with E-state index in [2.05, 4.69) is 11.9 Å². The fraction of sp³-hybridized carbons (Fsp3) is 0.600. The number of amides is 1. The third-order valence-electron chi connectivity index (χ3n) is 3.98. The molecule has 1 aliphatic rings. The Morgan fingerprint density at radius 2 is 2.30 bits per heavy atom. The van der Waals surface area contributed by atoms with E-state index < -0.39 is 5.82 Å². The molecule has 1 aromatic rings.